The first-order chi connectivity index (χ1) is 13.5. The summed E-state index contributed by atoms with van der Waals surface area (Å²) in [4.78, 5) is 30.6. The van der Waals surface area contributed by atoms with Gasteiger partial charge in [0.2, 0.25) is 0 Å². The van der Waals surface area contributed by atoms with Gasteiger partial charge in [0.1, 0.15) is 0 Å². The molecule has 28 heavy (non-hydrogen) atoms. The van der Waals surface area contributed by atoms with Crippen LogP contribution in [-0.4, -0.2) is 20.8 Å². The van der Waals surface area contributed by atoms with Gasteiger partial charge in [-0.05, 0) is 30.3 Å². The van der Waals surface area contributed by atoms with Crippen LogP contribution in [0.1, 0.15) is 5.56 Å². The number of benzene rings is 2. The molecule has 0 radical (unpaired) electrons. The van der Waals surface area contributed by atoms with Crippen molar-refractivity contribution in [3.8, 4) is 11.4 Å². The van der Waals surface area contributed by atoms with Crippen LogP contribution in [0.4, 0.5) is 11.4 Å². The number of nitrogens with one attached hydrogen (secondary N) is 2. The molecule has 9 heteroatoms. The zero-order valence-corrected chi connectivity index (χ0v) is 16.0. The lowest BCUT2D eigenvalue weighted by Gasteiger charge is -2.06. The molecule has 0 saturated carbocycles. The average molecular weight is 440 g/mol. The minimum atomic E-state index is -0.471. The van der Waals surface area contributed by atoms with Crippen molar-refractivity contribution in [2.24, 2.45) is 0 Å². The summed E-state index contributed by atoms with van der Waals surface area (Å²) in [5.41, 5.74) is 7.22. The Morgan fingerprint density at radius 2 is 1.82 bits per heavy atom. The SMILES string of the molecule is O=C(C=Cc1cnc(-c2cccc([N+](=O)[O-])c2)nc1)NNc1ccc(Br)cc1. The van der Waals surface area contributed by atoms with E-state index in [1.165, 1.54) is 30.6 Å². The topological polar surface area (TPSA) is 110 Å². The molecular formula is C19H14BrN5O3. The molecule has 1 heterocycles. The van der Waals surface area contributed by atoms with Gasteiger partial charge in [-0.1, -0.05) is 28.1 Å². The summed E-state index contributed by atoms with van der Waals surface area (Å²) >= 11 is 3.34. The van der Waals surface area contributed by atoms with Crippen LogP contribution >= 0.6 is 15.9 Å². The van der Waals surface area contributed by atoms with Crippen LogP contribution in [0.5, 0.6) is 0 Å². The van der Waals surface area contributed by atoms with Crippen molar-refractivity contribution < 1.29 is 9.72 Å². The van der Waals surface area contributed by atoms with Crippen molar-refractivity contribution in [2.45, 2.75) is 0 Å². The molecule has 0 saturated heterocycles. The number of anilines is 1. The third-order valence-electron chi connectivity index (χ3n) is 3.59. The van der Waals surface area contributed by atoms with Gasteiger partial charge in [0.25, 0.3) is 11.6 Å². The van der Waals surface area contributed by atoms with Crippen molar-refractivity contribution in [1.82, 2.24) is 15.4 Å². The molecule has 1 aromatic heterocycles. The van der Waals surface area contributed by atoms with Gasteiger partial charge in [0.05, 0.1) is 10.6 Å². The van der Waals surface area contributed by atoms with Gasteiger partial charge in [0.15, 0.2) is 5.82 Å². The fourth-order valence-corrected chi connectivity index (χ4v) is 2.48. The number of aromatic nitrogens is 2. The Bertz CT molecular complexity index is 1020. The zero-order chi connectivity index (χ0) is 19.9. The fourth-order valence-electron chi connectivity index (χ4n) is 2.21. The van der Waals surface area contributed by atoms with Gasteiger partial charge in [-0.15, -0.1) is 0 Å². The number of carbonyl (C=O) groups excluding carboxylic acids is 1. The maximum Gasteiger partial charge on any atom is 0.270 e. The molecule has 0 unspecified atom stereocenters. The number of nitro groups is 1. The number of halogens is 1. The molecule has 8 nitrogen and oxygen atoms in total. The third kappa shape index (κ3) is 5.21. The molecule has 0 aliphatic carbocycles. The van der Waals surface area contributed by atoms with Crippen LogP contribution < -0.4 is 10.9 Å². The van der Waals surface area contributed by atoms with Crippen molar-refractivity contribution in [2.75, 3.05) is 5.43 Å². The van der Waals surface area contributed by atoms with Crippen molar-refractivity contribution in [3.05, 3.63) is 87.2 Å². The van der Waals surface area contributed by atoms with Crippen LogP contribution in [0.3, 0.4) is 0 Å². The van der Waals surface area contributed by atoms with Gasteiger partial charge >= 0.3 is 0 Å². The predicted molar refractivity (Wildman–Crippen MR) is 109 cm³/mol. The lowest BCUT2D eigenvalue weighted by molar-refractivity contribution is -0.384. The van der Waals surface area contributed by atoms with Gasteiger partial charge in [0, 0.05) is 46.2 Å². The van der Waals surface area contributed by atoms with Gasteiger partial charge in [-0.2, -0.15) is 0 Å². The molecule has 0 fully saturated rings. The summed E-state index contributed by atoms with van der Waals surface area (Å²) in [6, 6.07) is 13.4. The highest BCUT2D eigenvalue weighted by Gasteiger charge is 2.08. The molecule has 1 amide bonds. The first-order valence-corrected chi connectivity index (χ1v) is 8.87. The van der Waals surface area contributed by atoms with E-state index in [4.69, 9.17) is 0 Å². The van der Waals surface area contributed by atoms with E-state index in [2.05, 4.69) is 36.7 Å². The van der Waals surface area contributed by atoms with E-state index in [9.17, 15) is 14.9 Å². The first-order valence-electron chi connectivity index (χ1n) is 8.08. The molecular weight excluding hydrogens is 426 g/mol. The number of hydrogen-bond donors (Lipinski definition) is 2. The van der Waals surface area contributed by atoms with Gasteiger partial charge in [-0.25, -0.2) is 9.97 Å². The third-order valence-corrected chi connectivity index (χ3v) is 4.12. The zero-order valence-electron chi connectivity index (χ0n) is 14.4. The Balaban J connectivity index is 1.60. The summed E-state index contributed by atoms with van der Waals surface area (Å²) in [5, 5.41) is 10.9. The normalized spacial score (nSPS) is 10.6. The number of nitro benzene ring substituents is 1. The Hall–Kier alpha value is -3.59. The maximum absolute atomic E-state index is 11.9. The fraction of sp³-hybridized carbons (Fsp3) is 0. The Morgan fingerprint density at radius 3 is 2.50 bits per heavy atom. The van der Waals surface area contributed by atoms with Crippen molar-refractivity contribution in [1.29, 1.82) is 0 Å². The highest BCUT2D eigenvalue weighted by molar-refractivity contribution is 9.10. The molecule has 3 aromatic rings. The molecule has 0 spiro atoms. The summed E-state index contributed by atoms with van der Waals surface area (Å²) in [6.07, 6.45) is 5.98. The second-order valence-electron chi connectivity index (χ2n) is 5.60. The molecule has 3 rings (SSSR count). The second-order valence-corrected chi connectivity index (χ2v) is 6.52. The highest BCUT2D eigenvalue weighted by Crippen LogP contribution is 2.20. The van der Waals surface area contributed by atoms with E-state index in [1.54, 1.807) is 18.2 Å². The van der Waals surface area contributed by atoms with Gasteiger partial charge in [-0.3, -0.25) is 25.8 Å². The van der Waals surface area contributed by atoms with Crippen LogP contribution in [0, 0.1) is 10.1 Å². The van der Waals surface area contributed by atoms with Crippen LogP contribution in [0.15, 0.2) is 71.5 Å². The number of non-ortho nitro benzene ring substituents is 1. The molecule has 0 atom stereocenters. The van der Waals surface area contributed by atoms with E-state index in [0.717, 1.165) is 10.2 Å². The van der Waals surface area contributed by atoms with E-state index in [0.29, 0.717) is 17.0 Å². The number of rotatable bonds is 6. The number of amides is 1. The first kappa shape index (κ1) is 19.2. The van der Waals surface area contributed by atoms with E-state index in [1.807, 2.05) is 24.3 Å². The molecule has 0 bridgehead atoms. The monoisotopic (exact) mass is 439 g/mol. The standard InChI is InChI=1S/C19H14BrN5O3/c20-15-5-7-16(8-6-15)23-24-18(26)9-4-13-11-21-19(22-12-13)14-2-1-3-17(10-14)25(27)28/h1-12,23H,(H,24,26). The van der Waals surface area contributed by atoms with Crippen molar-refractivity contribution in [3.63, 3.8) is 0 Å². The Labute approximate surface area is 168 Å². The summed E-state index contributed by atoms with van der Waals surface area (Å²) in [7, 11) is 0. The molecule has 0 aliphatic rings. The molecule has 2 aromatic carbocycles. The summed E-state index contributed by atoms with van der Waals surface area (Å²) < 4.78 is 0.942. The van der Waals surface area contributed by atoms with Crippen LogP contribution in [0.2, 0.25) is 0 Å². The number of hydrogen-bond acceptors (Lipinski definition) is 6. The highest BCUT2D eigenvalue weighted by atomic mass is 79.9. The number of nitrogens with zero attached hydrogens (tertiary/aromatic N) is 3. The summed E-state index contributed by atoms with van der Waals surface area (Å²) in [6.45, 7) is 0. The molecule has 2 N–H and O–H groups in total. The van der Waals surface area contributed by atoms with Crippen LogP contribution in [-0.2, 0) is 4.79 Å². The van der Waals surface area contributed by atoms with Crippen molar-refractivity contribution >= 4 is 39.3 Å². The number of carbonyl (C=O) groups is 1. The lowest BCUT2D eigenvalue weighted by Crippen LogP contribution is -2.27. The van der Waals surface area contributed by atoms with Gasteiger partial charge < -0.3 is 0 Å². The smallest absolute Gasteiger partial charge is 0.270 e. The quantitative estimate of drug-likeness (QED) is 0.341. The lowest BCUT2D eigenvalue weighted by atomic mass is 10.2. The number of hydrazine groups is 1. The van der Waals surface area contributed by atoms with Crippen LogP contribution in [0.25, 0.3) is 17.5 Å². The Morgan fingerprint density at radius 1 is 1.11 bits per heavy atom. The van der Waals surface area contributed by atoms with E-state index in [-0.39, 0.29) is 11.6 Å². The Kier molecular flexibility index (Phi) is 6.07. The van der Waals surface area contributed by atoms with E-state index < -0.39 is 4.92 Å². The molecule has 140 valence electrons. The predicted octanol–water partition coefficient (Wildman–Crippen LogP) is 3.97. The second kappa shape index (κ2) is 8.87. The minimum absolute atomic E-state index is 0.0278. The molecule has 0 aliphatic heterocycles. The average Bonchev–Trinajstić information content (AvgIpc) is 2.72. The summed E-state index contributed by atoms with van der Waals surface area (Å²) in [5.74, 6) is 0.0212. The maximum atomic E-state index is 11.9. The largest absolute Gasteiger partial charge is 0.298 e. The minimum Gasteiger partial charge on any atom is -0.298 e. The van der Waals surface area contributed by atoms with E-state index >= 15 is 0 Å².